The highest BCUT2D eigenvalue weighted by molar-refractivity contribution is 5.03. The fourth-order valence-corrected chi connectivity index (χ4v) is 1.67. The third-order valence-electron chi connectivity index (χ3n) is 2.59. The maximum absolute atomic E-state index is 5.31. The standard InChI is InChI=1S/C13H28N2O/c1-6-14-13(16-5)12(2)10-8-7-9-11-15(3)4/h14H,6-11H2,1-5H3/b13-12-. The molecule has 0 aromatic rings. The highest BCUT2D eigenvalue weighted by Gasteiger charge is 2.01. The van der Waals surface area contributed by atoms with Crippen molar-refractivity contribution in [3.05, 3.63) is 11.5 Å². The molecule has 3 nitrogen and oxygen atoms in total. The molecule has 0 saturated heterocycles. The van der Waals surface area contributed by atoms with Crippen LogP contribution in [0.15, 0.2) is 11.5 Å². The molecular weight excluding hydrogens is 200 g/mol. The number of ether oxygens (including phenoxy) is 1. The molecule has 0 fully saturated rings. The number of hydrogen-bond donors (Lipinski definition) is 1. The minimum absolute atomic E-state index is 0.918. The van der Waals surface area contributed by atoms with Crippen molar-refractivity contribution in [2.24, 2.45) is 0 Å². The van der Waals surface area contributed by atoms with Gasteiger partial charge in [-0.2, -0.15) is 0 Å². The molecule has 16 heavy (non-hydrogen) atoms. The molecule has 0 amide bonds. The van der Waals surface area contributed by atoms with Crippen LogP contribution in [0.4, 0.5) is 0 Å². The van der Waals surface area contributed by atoms with Gasteiger partial charge in [0.25, 0.3) is 0 Å². The Hall–Kier alpha value is -0.700. The average Bonchev–Trinajstić information content (AvgIpc) is 2.24. The van der Waals surface area contributed by atoms with Crippen LogP contribution >= 0.6 is 0 Å². The predicted molar refractivity (Wildman–Crippen MR) is 70.4 cm³/mol. The smallest absolute Gasteiger partial charge is 0.185 e. The SMILES string of the molecule is CCN/C(OC)=C(\C)CCCCCN(C)C. The molecule has 0 bridgehead atoms. The van der Waals surface area contributed by atoms with Crippen molar-refractivity contribution >= 4 is 0 Å². The summed E-state index contributed by atoms with van der Waals surface area (Å²) < 4.78 is 5.31. The van der Waals surface area contributed by atoms with Gasteiger partial charge in [0.15, 0.2) is 5.88 Å². The van der Waals surface area contributed by atoms with Crippen LogP contribution in [0.3, 0.4) is 0 Å². The van der Waals surface area contributed by atoms with E-state index in [9.17, 15) is 0 Å². The maximum atomic E-state index is 5.31. The van der Waals surface area contributed by atoms with Crippen molar-refractivity contribution in [2.75, 3.05) is 34.3 Å². The third-order valence-corrected chi connectivity index (χ3v) is 2.59. The summed E-state index contributed by atoms with van der Waals surface area (Å²) in [5.74, 6) is 0.954. The van der Waals surface area contributed by atoms with E-state index in [1.54, 1.807) is 7.11 Å². The number of allylic oxidation sites excluding steroid dienone is 1. The molecule has 1 N–H and O–H groups in total. The summed E-state index contributed by atoms with van der Waals surface area (Å²) in [6.07, 6.45) is 4.95. The highest BCUT2D eigenvalue weighted by atomic mass is 16.5. The Balaban J connectivity index is 3.73. The van der Waals surface area contributed by atoms with Crippen molar-refractivity contribution in [1.82, 2.24) is 10.2 Å². The van der Waals surface area contributed by atoms with E-state index in [0.29, 0.717) is 0 Å². The lowest BCUT2D eigenvalue weighted by Gasteiger charge is -2.12. The fourth-order valence-electron chi connectivity index (χ4n) is 1.67. The zero-order valence-electron chi connectivity index (χ0n) is 11.6. The van der Waals surface area contributed by atoms with Crippen LogP contribution in [0, 0.1) is 0 Å². The van der Waals surface area contributed by atoms with Crippen molar-refractivity contribution in [2.45, 2.75) is 39.5 Å². The first-order valence-electron chi connectivity index (χ1n) is 6.24. The van der Waals surface area contributed by atoms with Gasteiger partial charge in [-0.25, -0.2) is 0 Å². The Kier molecular flexibility index (Phi) is 9.10. The van der Waals surface area contributed by atoms with Gasteiger partial charge in [0.2, 0.25) is 0 Å². The number of hydrogen-bond acceptors (Lipinski definition) is 3. The second-order valence-electron chi connectivity index (χ2n) is 4.46. The Bertz CT molecular complexity index is 200. The van der Waals surface area contributed by atoms with Gasteiger partial charge in [0.05, 0.1) is 7.11 Å². The molecule has 0 saturated carbocycles. The van der Waals surface area contributed by atoms with Gasteiger partial charge in [0.1, 0.15) is 0 Å². The topological polar surface area (TPSA) is 24.5 Å². The minimum Gasteiger partial charge on any atom is -0.483 e. The third kappa shape index (κ3) is 7.57. The summed E-state index contributed by atoms with van der Waals surface area (Å²) in [6.45, 7) is 6.34. The number of nitrogens with one attached hydrogen (secondary N) is 1. The Morgan fingerprint density at radius 1 is 1.19 bits per heavy atom. The van der Waals surface area contributed by atoms with Gasteiger partial charge in [-0.1, -0.05) is 6.42 Å². The lowest BCUT2D eigenvalue weighted by molar-refractivity contribution is 0.256. The van der Waals surface area contributed by atoms with Crippen LogP contribution < -0.4 is 5.32 Å². The molecule has 96 valence electrons. The van der Waals surface area contributed by atoms with Gasteiger partial charge in [-0.15, -0.1) is 0 Å². The van der Waals surface area contributed by atoms with Gasteiger partial charge in [-0.3, -0.25) is 0 Å². The number of methoxy groups -OCH3 is 1. The molecule has 0 aromatic heterocycles. The Labute approximate surface area is 101 Å². The number of unbranched alkanes of at least 4 members (excludes halogenated alkanes) is 2. The number of nitrogens with zero attached hydrogens (tertiary/aromatic N) is 1. The first-order chi connectivity index (χ1) is 7.61. The zero-order valence-corrected chi connectivity index (χ0v) is 11.6. The molecule has 0 atom stereocenters. The largest absolute Gasteiger partial charge is 0.483 e. The van der Waals surface area contributed by atoms with E-state index in [0.717, 1.165) is 18.8 Å². The summed E-state index contributed by atoms with van der Waals surface area (Å²) >= 11 is 0. The van der Waals surface area contributed by atoms with Crippen LogP contribution in [0.5, 0.6) is 0 Å². The van der Waals surface area contributed by atoms with E-state index < -0.39 is 0 Å². The van der Waals surface area contributed by atoms with Crippen LogP contribution in [0.2, 0.25) is 0 Å². The molecule has 0 aliphatic rings. The Morgan fingerprint density at radius 2 is 1.88 bits per heavy atom. The molecule has 0 radical (unpaired) electrons. The molecule has 0 rings (SSSR count). The van der Waals surface area contributed by atoms with Crippen molar-refractivity contribution < 1.29 is 4.74 Å². The summed E-state index contributed by atoms with van der Waals surface area (Å²) in [5, 5.41) is 3.24. The van der Waals surface area contributed by atoms with Crippen LogP contribution in [0.25, 0.3) is 0 Å². The van der Waals surface area contributed by atoms with Crippen LogP contribution in [-0.4, -0.2) is 39.2 Å². The molecule has 0 spiro atoms. The monoisotopic (exact) mass is 228 g/mol. The molecule has 3 heteroatoms. The summed E-state index contributed by atoms with van der Waals surface area (Å²) in [7, 11) is 5.98. The summed E-state index contributed by atoms with van der Waals surface area (Å²) in [5.41, 5.74) is 1.33. The first-order valence-corrected chi connectivity index (χ1v) is 6.24. The normalized spacial score (nSPS) is 12.6. The number of rotatable bonds is 9. The van der Waals surface area contributed by atoms with Crippen molar-refractivity contribution in [3.8, 4) is 0 Å². The minimum atomic E-state index is 0.918. The second-order valence-corrected chi connectivity index (χ2v) is 4.46. The lowest BCUT2D eigenvalue weighted by atomic mass is 10.1. The molecule has 0 unspecified atom stereocenters. The van der Waals surface area contributed by atoms with E-state index in [1.807, 2.05) is 0 Å². The fraction of sp³-hybridized carbons (Fsp3) is 0.846. The molecule has 0 heterocycles. The van der Waals surface area contributed by atoms with Crippen LogP contribution in [-0.2, 0) is 4.74 Å². The van der Waals surface area contributed by atoms with E-state index >= 15 is 0 Å². The van der Waals surface area contributed by atoms with Crippen molar-refractivity contribution in [3.63, 3.8) is 0 Å². The summed E-state index contributed by atoms with van der Waals surface area (Å²) in [4.78, 5) is 2.24. The van der Waals surface area contributed by atoms with E-state index in [-0.39, 0.29) is 0 Å². The first kappa shape index (κ1) is 15.3. The quantitative estimate of drug-likeness (QED) is 0.485. The van der Waals surface area contributed by atoms with E-state index in [1.165, 1.54) is 31.4 Å². The summed E-state index contributed by atoms with van der Waals surface area (Å²) in [6, 6.07) is 0. The molecular formula is C13H28N2O. The van der Waals surface area contributed by atoms with Gasteiger partial charge >= 0.3 is 0 Å². The Morgan fingerprint density at radius 3 is 2.38 bits per heavy atom. The molecule has 0 aromatic carbocycles. The zero-order chi connectivity index (χ0) is 12.4. The maximum Gasteiger partial charge on any atom is 0.185 e. The predicted octanol–water partition coefficient (Wildman–Crippen LogP) is 2.60. The van der Waals surface area contributed by atoms with Crippen molar-refractivity contribution in [1.29, 1.82) is 0 Å². The second kappa shape index (κ2) is 9.52. The van der Waals surface area contributed by atoms with Crippen LogP contribution in [0.1, 0.15) is 39.5 Å². The van der Waals surface area contributed by atoms with E-state index in [2.05, 4.69) is 38.2 Å². The highest BCUT2D eigenvalue weighted by Crippen LogP contribution is 2.12. The van der Waals surface area contributed by atoms with Gasteiger partial charge in [0, 0.05) is 6.54 Å². The molecule has 0 aliphatic carbocycles. The van der Waals surface area contributed by atoms with Gasteiger partial charge in [-0.05, 0) is 59.3 Å². The lowest BCUT2D eigenvalue weighted by Crippen LogP contribution is -2.15. The van der Waals surface area contributed by atoms with E-state index in [4.69, 9.17) is 4.74 Å². The van der Waals surface area contributed by atoms with Gasteiger partial charge < -0.3 is 15.0 Å². The average molecular weight is 228 g/mol. The molecule has 0 aliphatic heterocycles.